The molecule has 18 heteroatoms. The minimum atomic E-state index is -1.58. The summed E-state index contributed by atoms with van der Waals surface area (Å²) in [5.41, 5.74) is 10.5. The molecule has 18 nitrogen and oxygen atoms in total. The molecule has 2 heterocycles. The Morgan fingerprint density at radius 1 is 0.700 bits per heavy atom. The first-order chi connectivity index (χ1) is 29.8. The Morgan fingerprint density at radius 2 is 1.25 bits per heavy atom. The van der Waals surface area contributed by atoms with E-state index >= 15 is 0 Å². The van der Waals surface area contributed by atoms with Crippen molar-refractivity contribution in [2.45, 2.75) is 140 Å². The average Bonchev–Trinajstić information content (AvgIpc) is 3.25. The molecule has 0 aromatic heterocycles. The Balaban J connectivity index is 1.62. The van der Waals surface area contributed by atoms with Gasteiger partial charge in [-0.2, -0.15) is 0 Å². The van der Waals surface area contributed by atoms with Crippen LogP contribution in [0.15, 0.2) is 65.8 Å². The fourth-order valence-electron chi connectivity index (χ4n) is 6.63. The van der Waals surface area contributed by atoms with Crippen LogP contribution in [0.25, 0.3) is 10.4 Å². The van der Waals surface area contributed by atoms with Gasteiger partial charge in [-0.25, -0.2) is 0 Å². The number of hydrogen-bond acceptors (Lipinski definition) is 16. The van der Waals surface area contributed by atoms with Gasteiger partial charge in [-0.15, -0.1) is 0 Å². The van der Waals surface area contributed by atoms with Gasteiger partial charge in [0.15, 0.2) is 24.8 Å². The van der Waals surface area contributed by atoms with E-state index in [4.69, 9.17) is 50.1 Å². The third kappa shape index (κ3) is 15.7. The van der Waals surface area contributed by atoms with Crippen molar-refractivity contribution < 1.29 is 74.4 Å². The number of unbranched alkanes of at least 4 members (excludes halogenated alkanes) is 5. The molecule has 4 rings (SSSR count). The average molecular weight is 846 g/mol. The largest absolute Gasteiger partial charge is 0.469 e. The lowest BCUT2D eigenvalue weighted by Crippen LogP contribution is -2.63. The van der Waals surface area contributed by atoms with Gasteiger partial charge in [-0.1, -0.05) is 91.5 Å². The maximum absolute atomic E-state index is 12.3. The normalized spacial score (nSPS) is 27.8. The number of carbonyl (C=O) groups is 4. The lowest BCUT2D eigenvalue weighted by Gasteiger charge is -2.46. The predicted octanol–water partition coefficient (Wildman–Crippen LogP) is 5.01. The molecule has 2 aliphatic heterocycles. The first-order valence-corrected chi connectivity index (χ1v) is 19.9. The van der Waals surface area contributed by atoms with Crippen LogP contribution in [0, 0.1) is 0 Å². The summed E-state index contributed by atoms with van der Waals surface area (Å²) in [5.74, 6) is -2.55. The molecule has 0 radical (unpaired) electrons. The summed E-state index contributed by atoms with van der Waals surface area (Å²) in [6.45, 7) is -0.0799. The number of ether oxygens (including phenoxy) is 10. The van der Waals surface area contributed by atoms with Crippen LogP contribution in [0.1, 0.15) is 79.6 Å². The minimum absolute atomic E-state index is 0.168. The number of methoxy groups -OCH3 is 1. The third-order valence-corrected chi connectivity index (χ3v) is 9.50. The molecule has 0 saturated carbocycles. The van der Waals surface area contributed by atoms with Crippen LogP contribution in [0.3, 0.4) is 0 Å². The molecule has 0 bridgehead atoms. The number of aliphatic hydroxyl groups is 1. The number of azide groups is 1. The highest BCUT2D eigenvalue weighted by atomic mass is 16.7. The summed E-state index contributed by atoms with van der Waals surface area (Å²) in [5, 5.41) is 15.9. The van der Waals surface area contributed by atoms with Crippen LogP contribution in [0.5, 0.6) is 0 Å². The monoisotopic (exact) mass is 845 g/mol. The Bertz CT molecular complexity index is 1740. The van der Waals surface area contributed by atoms with Gasteiger partial charge in [0.25, 0.3) is 0 Å². The molecule has 2 aromatic carbocycles. The van der Waals surface area contributed by atoms with E-state index in [9.17, 15) is 29.8 Å². The SMILES string of the molecule is [2H]C(O[C@H]1[C@H](O)[C@H](OC([2H])c2ccccc2)C(OCCCCCCCCC(=O)OC)O[C@@H]1CO[C@H]1O[C@H](COC(C)=O)[C@@H](OC(C)=O)[C@H](OC(C)=O)[C@@H]1N=[N+]=[N-])c1ccccc1. The van der Waals surface area contributed by atoms with E-state index in [0.29, 0.717) is 24.0 Å². The van der Waals surface area contributed by atoms with Crippen molar-refractivity contribution in [2.24, 2.45) is 5.11 Å². The third-order valence-electron chi connectivity index (χ3n) is 9.50. The molecule has 0 aliphatic carbocycles. The van der Waals surface area contributed by atoms with Gasteiger partial charge in [0, 0.05) is 38.7 Å². The number of carbonyl (C=O) groups excluding carboxylic acids is 4. The first kappa shape index (κ1) is 44.9. The second-order valence-electron chi connectivity index (χ2n) is 14.1. The molecule has 60 heavy (non-hydrogen) atoms. The van der Waals surface area contributed by atoms with Crippen LogP contribution >= 0.6 is 0 Å². The van der Waals surface area contributed by atoms with E-state index in [0.717, 1.165) is 52.9 Å². The molecule has 3 unspecified atom stereocenters. The van der Waals surface area contributed by atoms with Crippen LogP contribution < -0.4 is 0 Å². The maximum atomic E-state index is 12.3. The standard InChI is InChI=1S/C42H57N3O15/c1-27(46)53-25-33-38(57-28(2)47)39(58-29(3)48)35(44-45-43)41(59-33)56-26-32-37(54-23-30-17-11-9-12-18-30)36(50)40(55-24-31-19-13-10-14-20-31)42(60-32)52-22-16-8-6-5-7-15-21-34(49)51-4/h9-14,17-20,32-33,35-42,50H,5-8,15-16,21-26H2,1-4H3/t32-,33-,35+,36+,37-,38-,39-,40+,41+,42?/m1/s1/i23D,24D/t23?,24?,32-,33-,35+,36+,37-,38-,39-,40+,41+,42?. The van der Waals surface area contributed by atoms with E-state index in [2.05, 4.69) is 10.0 Å². The topological polar surface area (TPSA) is 230 Å². The summed E-state index contributed by atoms with van der Waals surface area (Å²) < 4.78 is 75.8. The number of esters is 4. The fraction of sp³-hybridized carbons (Fsp3) is 0.619. The van der Waals surface area contributed by atoms with Crippen molar-refractivity contribution in [1.29, 1.82) is 0 Å². The molecule has 330 valence electrons. The van der Waals surface area contributed by atoms with Crippen LogP contribution in [0.4, 0.5) is 0 Å². The Labute approximate surface area is 352 Å². The van der Waals surface area contributed by atoms with Gasteiger partial charge in [-0.3, -0.25) is 19.2 Å². The van der Waals surface area contributed by atoms with Crippen molar-refractivity contribution in [3.63, 3.8) is 0 Å². The smallest absolute Gasteiger partial charge is 0.305 e. The first-order valence-electron chi connectivity index (χ1n) is 21.0. The van der Waals surface area contributed by atoms with Crippen LogP contribution in [-0.4, -0.2) is 117 Å². The fourth-order valence-corrected chi connectivity index (χ4v) is 6.63. The highest BCUT2D eigenvalue weighted by molar-refractivity contribution is 5.69. The van der Waals surface area contributed by atoms with E-state index in [1.54, 1.807) is 60.7 Å². The van der Waals surface area contributed by atoms with Crippen molar-refractivity contribution in [3.8, 4) is 0 Å². The summed E-state index contributed by atoms with van der Waals surface area (Å²) in [6, 6.07) is 15.8. The van der Waals surface area contributed by atoms with E-state index in [1.165, 1.54) is 7.11 Å². The summed E-state index contributed by atoms with van der Waals surface area (Å²) in [4.78, 5) is 50.6. The second-order valence-corrected chi connectivity index (χ2v) is 14.1. The molecule has 1 N–H and O–H groups in total. The van der Waals surface area contributed by atoms with Crippen LogP contribution in [0.2, 0.25) is 0 Å². The number of rotatable bonds is 24. The Kier molecular flexibility index (Phi) is 19.3. The minimum Gasteiger partial charge on any atom is -0.469 e. The zero-order valence-corrected chi connectivity index (χ0v) is 34.3. The van der Waals surface area contributed by atoms with E-state index in [-0.39, 0.29) is 12.6 Å². The Hall–Kier alpha value is -4.65. The van der Waals surface area contributed by atoms with Gasteiger partial charge in [0.05, 0.1) is 29.6 Å². The number of aliphatic hydroxyl groups excluding tert-OH is 1. The molecular formula is C42H57N3O15. The van der Waals surface area contributed by atoms with Gasteiger partial charge >= 0.3 is 23.9 Å². The summed E-state index contributed by atoms with van der Waals surface area (Å²) >= 11 is 0. The molecule has 2 aliphatic rings. The van der Waals surface area contributed by atoms with Gasteiger partial charge in [-0.05, 0) is 29.5 Å². The van der Waals surface area contributed by atoms with Crippen molar-refractivity contribution in [3.05, 3.63) is 82.2 Å². The molecule has 12 atom stereocenters. The molecule has 0 spiro atoms. The van der Waals surface area contributed by atoms with Crippen molar-refractivity contribution in [2.75, 3.05) is 26.9 Å². The number of nitrogens with zero attached hydrogens (tertiary/aromatic N) is 3. The lowest BCUT2D eigenvalue weighted by atomic mass is 9.96. The zero-order chi connectivity index (χ0) is 45.0. The highest BCUT2D eigenvalue weighted by Gasteiger charge is 2.52. The van der Waals surface area contributed by atoms with Crippen molar-refractivity contribution >= 4 is 23.9 Å². The second kappa shape index (κ2) is 25.9. The highest BCUT2D eigenvalue weighted by Crippen LogP contribution is 2.33. The summed E-state index contributed by atoms with van der Waals surface area (Å²) in [6.07, 6.45) is -7.41. The van der Waals surface area contributed by atoms with Crippen LogP contribution in [-0.2, 0) is 79.7 Å². The molecular weight excluding hydrogens is 786 g/mol. The quantitative estimate of drug-likeness (QED) is 0.0366. The number of benzene rings is 2. The number of hydrogen-bond donors (Lipinski definition) is 1. The van der Waals surface area contributed by atoms with Crippen molar-refractivity contribution in [1.82, 2.24) is 0 Å². The van der Waals surface area contributed by atoms with Gasteiger partial charge in [0.1, 0.15) is 43.2 Å². The summed E-state index contributed by atoms with van der Waals surface area (Å²) in [7, 11) is 1.36. The maximum Gasteiger partial charge on any atom is 0.305 e. The van der Waals surface area contributed by atoms with E-state index < -0.39 is 106 Å². The lowest BCUT2D eigenvalue weighted by molar-refractivity contribution is -0.332. The molecule has 0 amide bonds. The van der Waals surface area contributed by atoms with Gasteiger partial charge in [0.2, 0.25) is 0 Å². The zero-order valence-electron chi connectivity index (χ0n) is 36.3. The predicted molar refractivity (Wildman–Crippen MR) is 210 cm³/mol. The van der Waals surface area contributed by atoms with Gasteiger partial charge < -0.3 is 52.5 Å². The molecule has 2 saturated heterocycles. The molecule has 2 aromatic rings. The molecule has 2 fully saturated rings. The van der Waals surface area contributed by atoms with E-state index in [1.807, 2.05) is 0 Å². The Morgan fingerprint density at radius 3 is 1.83 bits per heavy atom.